The number of carbonyl (C=O) groups is 1. The third kappa shape index (κ3) is 3.37. The van der Waals surface area contributed by atoms with Crippen molar-refractivity contribution in [3.8, 4) is 11.4 Å². The lowest BCUT2D eigenvalue weighted by molar-refractivity contribution is -0.124. The lowest BCUT2D eigenvalue weighted by Gasteiger charge is -2.32. The number of hydrogen-bond donors (Lipinski definition) is 1. The molecule has 2 aromatic carbocycles. The molecule has 1 amide bonds. The number of aromatic amines is 1. The quantitative estimate of drug-likeness (QED) is 0.448. The highest BCUT2D eigenvalue weighted by Gasteiger charge is 2.46. The topological polar surface area (TPSA) is 122 Å². The Morgan fingerprint density at radius 1 is 1.05 bits per heavy atom. The average molecular weight is 505 g/mol. The van der Waals surface area contributed by atoms with E-state index in [9.17, 15) is 9.59 Å². The van der Waals surface area contributed by atoms with E-state index < -0.39 is 6.04 Å². The standard InChI is InChI=1S/C28H24N8O2/c1-15-12-18-10-11-35-24(18)21(13-15)23(17-6-4-3-5-7-17)30-26(28(35)38)36-16(2)29-22-14-19(25-31-33-34-32-25)8-9-20(22)27(36)37/h3-9,12-14,18,23-24H,10-11H2,1-2H3,(H,31,32,33,34). The Balaban J connectivity index is 1.44. The summed E-state index contributed by atoms with van der Waals surface area (Å²) in [5.41, 5.74) is 4.08. The van der Waals surface area contributed by atoms with Crippen LogP contribution in [0.15, 0.2) is 81.6 Å². The van der Waals surface area contributed by atoms with Gasteiger partial charge in [-0.15, -0.1) is 10.2 Å². The van der Waals surface area contributed by atoms with Gasteiger partial charge in [-0.1, -0.05) is 54.1 Å². The van der Waals surface area contributed by atoms with E-state index in [0.717, 1.165) is 17.6 Å². The molecule has 10 heteroatoms. The van der Waals surface area contributed by atoms with Crippen LogP contribution in [-0.2, 0) is 4.79 Å². The van der Waals surface area contributed by atoms with E-state index >= 15 is 0 Å². The Morgan fingerprint density at radius 3 is 2.68 bits per heavy atom. The molecule has 3 atom stereocenters. The predicted molar refractivity (Wildman–Crippen MR) is 141 cm³/mol. The number of rotatable bonds is 2. The van der Waals surface area contributed by atoms with Crippen molar-refractivity contribution in [3.63, 3.8) is 0 Å². The molecule has 1 N–H and O–H groups in total. The Morgan fingerprint density at radius 2 is 1.89 bits per heavy atom. The van der Waals surface area contributed by atoms with Crippen LogP contribution in [0.4, 0.5) is 0 Å². The average Bonchev–Trinajstić information content (AvgIpc) is 3.58. The first-order chi connectivity index (χ1) is 18.5. The summed E-state index contributed by atoms with van der Waals surface area (Å²) in [6.45, 7) is 4.43. The summed E-state index contributed by atoms with van der Waals surface area (Å²) in [5, 5.41) is 14.4. The molecule has 4 heterocycles. The molecule has 38 heavy (non-hydrogen) atoms. The largest absolute Gasteiger partial charge is 0.329 e. The van der Waals surface area contributed by atoms with Crippen molar-refractivity contribution < 1.29 is 4.79 Å². The van der Waals surface area contributed by atoms with E-state index in [4.69, 9.17) is 9.98 Å². The van der Waals surface area contributed by atoms with Gasteiger partial charge in [0, 0.05) is 18.0 Å². The Kier molecular flexibility index (Phi) is 4.97. The van der Waals surface area contributed by atoms with Crippen LogP contribution in [0.1, 0.15) is 30.8 Å². The van der Waals surface area contributed by atoms with E-state index in [-0.39, 0.29) is 29.3 Å². The maximum absolute atomic E-state index is 14.1. The number of allylic oxidation sites excluding steroid dienone is 2. The van der Waals surface area contributed by atoms with Crippen molar-refractivity contribution in [2.45, 2.75) is 32.4 Å². The number of aromatic nitrogens is 6. The number of nitrogens with one attached hydrogen (secondary N) is 1. The van der Waals surface area contributed by atoms with Gasteiger partial charge >= 0.3 is 0 Å². The number of aryl methyl sites for hydroxylation is 1. The van der Waals surface area contributed by atoms with E-state index in [0.29, 0.717) is 34.7 Å². The molecule has 188 valence electrons. The number of amides is 1. The van der Waals surface area contributed by atoms with Crippen LogP contribution in [0.3, 0.4) is 0 Å². The van der Waals surface area contributed by atoms with Gasteiger partial charge in [0.1, 0.15) is 11.9 Å². The third-order valence-corrected chi connectivity index (χ3v) is 7.64. The fraction of sp³-hybridized carbons (Fsp3) is 0.250. The second kappa shape index (κ2) is 8.41. The summed E-state index contributed by atoms with van der Waals surface area (Å²) in [7, 11) is 0. The van der Waals surface area contributed by atoms with Gasteiger partial charge in [0.2, 0.25) is 11.7 Å². The minimum absolute atomic E-state index is 0.0837. The van der Waals surface area contributed by atoms with Gasteiger partial charge in [0.15, 0.2) is 0 Å². The Bertz CT molecular complexity index is 1750. The van der Waals surface area contributed by atoms with Crippen molar-refractivity contribution in [1.82, 2.24) is 35.1 Å². The molecule has 3 unspecified atom stereocenters. The number of nitrogens with zero attached hydrogens (tertiary/aromatic N) is 7. The zero-order valence-electron chi connectivity index (χ0n) is 20.9. The first kappa shape index (κ1) is 22.5. The van der Waals surface area contributed by atoms with E-state index in [1.54, 1.807) is 25.1 Å². The molecule has 1 fully saturated rings. The smallest absolute Gasteiger partial charge is 0.290 e. The first-order valence-corrected chi connectivity index (χ1v) is 12.6. The van der Waals surface area contributed by atoms with Gasteiger partial charge in [0.25, 0.3) is 11.5 Å². The number of benzene rings is 2. The second-order valence-corrected chi connectivity index (χ2v) is 9.98. The minimum Gasteiger partial charge on any atom is -0.329 e. The molecule has 0 radical (unpaired) electrons. The van der Waals surface area contributed by atoms with Gasteiger partial charge < -0.3 is 4.90 Å². The van der Waals surface area contributed by atoms with Crippen LogP contribution in [0.5, 0.6) is 0 Å². The molecule has 7 rings (SSSR count). The van der Waals surface area contributed by atoms with Crippen molar-refractivity contribution in [2.24, 2.45) is 10.9 Å². The summed E-state index contributed by atoms with van der Waals surface area (Å²) >= 11 is 0. The van der Waals surface area contributed by atoms with Crippen LogP contribution in [-0.4, -0.2) is 59.4 Å². The molecular weight excluding hydrogens is 480 g/mol. The van der Waals surface area contributed by atoms with Crippen molar-refractivity contribution in [1.29, 1.82) is 0 Å². The van der Waals surface area contributed by atoms with E-state index in [1.165, 1.54) is 10.1 Å². The van der Waals surface area contributed by atoms with Gasteiger partial charge in [-0.2, -0.15) is 5.21 Å². The highest BCUT2D eigenvalue weighted by molar-refractivity contribution is 6.39. The third-order valence-electron chi connectivity index (χ3n) is 7.64. The highest BCUT2D eigenvalue weighted by atomic mass is 16.2. The fourth-order valence-corrected chi connectivity index (χ4v) is 6.03. The van der Waals surface area contributed by atoms with E-state index in [1.807, 2.05) is 35.2 Å². The normalized spacial score (nSPS) is 22.6. The Labute approximate surface area is 217 Å². The van der Waals surface area contributed by atoms with Crippen molar-refractivity contribution >= 4 is 22.6 Å². The van der Waals surface area contributed by atoms with Crippen LogP contribution < -0.4 is 5.56 Å². The van der Waals surface area contributed by atoms with Crippen LogP contribution in [0.2, 0.25) is 0 Å². The number of hydrogen-bond acceptors (Lipinski definition) is 7. The maximum Gasteiger partial charge on any atom is 0.290 e. The minimum atomic E-state index is -0.392. The van der Waals surface area contributed by atoms with Crippen LogP contribution in [0, 0.1) is 12.8 Å². The predicted octanol–water partition coefficient (Wildman–Crippen LogP) is 2.99. The summed E-state index contributed by atoms with van der Waals surface area (Å²) < 4.78 is 1.38. The second-order valence-electron chi connectivity index (χ2n) is 9.98. The van der Waals surface area contributed by atoms with Crippen molar-refractivity contribution in [2.75, 3.05) is 6.54 Å². The number of tetrazole rings is 1. The zero-order valence-corrected chi connectivity index (χ0v) is 20.9. The van der Waals surface area contributed by atoms with E-state index in [2.05, 4.69) is 39.7 Å². The summed E-state index contributed by atoms with van der Waals surface area (Å²) in [6, 6.07) is 14.7. The lowest BCUT2D eigenvalue weighted by atomic mass is 9.81. The molecule has 10 nitrogen and oxygen atoms in total. The fourth-order valence-electron chi connectivity index (χ4n) is 6.03. The van der Waals surface area contributed by atoms with Gasteiger partial charge in [-0.05, 0) is 48.8 Å². The molecule has 2 aliphatic heterocycles. The number of fused-ring (bicyclic) bond motifs is 1. The van der Waals surface area contributed by atoms with Gasteiger partial charge in [0.05, 0.1) is 16.9 Å². The van der Waals surface area contributed by atoms with Gasteiger partial charge in [-0.3, -0.25) is 14.6 Å². The molecule has 0 saturated carbocycles. The summed E-state index contributed by atoms with van der Waals surface area (Å²) in [6.07, 6.45) is 5.29. The maximum atomic E-state index is 14.1. The van der Waals surface area contributed by atoms with Gasteiger partial charge in [-0.25, -0.2) is 9.55 Å². The zero-order chi connectivity index (χ0) is 26.0. The molecule has 1 saturated heterocycles. The highest BCUT2D eigenvalue weighted by Crippen LogP contribution is 2.44. The molecule has 0 bridgehead atoms. The SMILES string of the molecule is CC1=CC2CCN3C(=O)C(n4c(C)nc5cc(-c6nn[nH]n6)ccc5c4=O)=NC(c4ccccc4)C(=C1)C23. The Hall–Kier alpha value is -4.73. The number of H-pyrrole nitrogens is 1. The molecular formula is C28H24N8O2. The molecule has 0 spiro atoms. The molecule has 4 aromatic rings. The van der Waals surface area contributed by atoms with Crippen molar-refractivity contribution in [3.05, 3.63) is 93.6 Å². The lowest BCUT2D eigenvalue weighted by Crippen LogP contribution is -2.46. The summed E-state index contributed by atoms with van der Waals surface area (Å²) in [5.74, 6) is 0.885. The molecule has 3 aliphatic rings. The number of aliphatic imine (C=N–C) groups is 1. The van der Waals surface area contributed by atoms with Crippen LogP contribution >= 0.6 is 0 Å². The molecule has 1 aliphatic carbocycles. The first-order valence-electron chi connectivity index (χ1n) is 12.6. The molecule has 2 aromatic heterocycles. The number of carbonyl (C=O) groups excluding carboxylic acids is 1. The monoisotopic (exact) mass is 504 g/mol. The summed E-state index contributed by atoms with van der Waals surface area (Å²) in [4.78, 5) is 39.7. The van der Waals surface area contributed by atoms with Crippen LogP contribution in [0.25, 0.3) is 22.3 Å².